The van der Waals surface area contributed by atoms with Crippen molar-refractivity contribution >= 4 is 76.3 Å². The Morgan fingerprint density at radius 3 is 1.46 bits per heavy atom. The summed E-state index contributed by atoms with van der Waals surface area (Å²) in [6.45, 7) is 0. The third kappa shape index (κ3) is 5.85. The molecule has 0 aliphatic heterocycles. The van der Waals surface area contributed by atoms with Gasteiger partial charge in [0.1, 0.15) is 5.52 Å². The van der Waals surface area contributed by atoms with Gasteiger partial charge in [0.15, 0.2) is 17.2 Å². The van der Waals surface area contributed by atoms with Gasteiger partial charge in [0.25, 0.3) is 0 Å². The van der Waals surface area contributed by atoms with Crippen LogP contribution in [0.2, 0.25) is 0 Å². The average molecular weight is 857 g/mol. The first kappa shape index (κ1) is 37.2. The van der Waals surface area contributed by atoms with Crippen LogP contribution in [0.3, 0.4) is 0 Å². The van der Waals surface area contributed by atoms with Crippen LogP contribution in [0.1, 0.15) is 0 Å². The van der Waals surface area contributed by atoms with Gasteiger partial charge in [-0.3, -0.25) is 9.13 Å². The largest absolute Gasteiger partial charge is 0.422 e. The van der Waals surface area contributed by atoms with Gasteiger partial charge in [0.05, 0.1) is 22.1 Å². The summed E-state index contributed by atoms with van der Waals surface area (Å²) in [6, 6.07) is 76.7. The molecule has 0 aliphatic carbocycles. The molecule has 0 saturated carbocycles. The molecular formula is C60H36N6O. The van der Waals surface area contributed by atoms with Crippen LogP contribution >= 0.6 is 0 Å². The zero-order valence-electron chi connectivity index (χ0n) is 35.9. The van der Waals surface area contributed by atoms with E-state index < -0.39 is 0 Å². The van der Waals surface area contributed by atoms with E-state index >= 15 is 0 Å². The van der Waals surface area contributed by atoms with Crippen LogP contribution < -0.4 is 0 Å². The summed E-state index contributed by atoms with van der Waals surface area (Å²) in [5.41, 5.74) is 11.5. The van der Waals surface area contributed by atoms with Crippen LogP contribution in [-0.2, 0) is 0 Å². The summed E-state index contributed by atoms with van der Waals surface area (Å²) in [6.07, 6.45) is 0. The number of rotatable bonds is 6. The maximum absolute atomic E-state index is 7.07. The topological polar surface area (TPSA) is 74.6 Å². The second-order valence-corrected chi connectivity index (χ2v) is 17.0. The molecule has 0 N–H and O–H groups in total. The first-order chi connectivity index (χ1) is 33.2. The van der Waals surface area contributed by atoms with Gasteiger partial charge in [-0.05, 0) is 68.7 Å². The fourth-order valence-electron chi connectivity index (χ4n) is 10.1. The first-order valence-electron chi connectivity index (χ1n) is 22.5. The monoisotopic (exact) mass is 856 g/mol. The van der Waals surface area contributed by atoms with E-state index in [1.807, 2.05) is 12.1 Å². The molecule has 7 heteroatoms. The molecule has 14 aromatic rings. The summed E-state index contributed by atoms with van der Waals surface area (Å²) < 4.78 is 11.5. The molecule has 0 saturated heterocycles. The quantitative estimate of drug-likeness (QED) is 0.156. The highest BCUT2D eigenvalue weighted by atomic mass is 16.4. The van der Waals surface area contributed by atoms with Gasteiger partial charge in [0.2, 0.25) is 5.95 Å². The van der Waals surface area contributed by atoms with Gasteiger partial charge in [-0.2, -0.15) is 15.0 Å². The number of hydrogen-bond acceptors (Lipinski definition) is 5. The minimum absolute atomic E-state index is 0.485. The molecule has 0 spiro atoms. The maximum atomic E-state index is 7.07. The number of hydrogen-bond donors (Lipinski definition) is 0. The number of para-hydroxylation sites is 2. The van der Waals surface area contributed by atoms with Gasteiger partial charge in [-0.1, -0.05) is 188 Å². The number of fused-ring (bicyclic) bond motifs is 12. The van der Waals surface area contributed by atoms with Crippen molar-refractivity contribution < 1.29 is 4.42 Å². The number of oxazole rings is 1. The van der Waals surface area contributed by atoms with Crippen molar-refractivity contribution in [2.75, 3.05) is 0 Å². The SMILES string of the molecule is c1ccc(-c2cccc(-c3nc(-c4cccc(-c5ccccc5)c4)nc(-n4c5ccccc5c5ccc6c7ccccc7n(-c7nc8ccc9ccc%10ccccc%10c9c8o7)c6c54)n3)c2)cc1. The van der Waals surface area contributed by atoms with Crippen molar-refractivity contribution in [3.05, 3.63) is 218 Å². The van der Waals surface area contributed by atoms with Gasteiger partial charge in [0, 0.05) is 38.1 Å². The third-order valence-electron chi connectivity index (χ3n) is 13.2. The lowest BCUT2D eigenvalue weighted by atomic mass is 10.0. The molecule has 0 atom stereocenters. The van der Waals surface area contributed by atoms with Crippen molar-refractivity contribution in [1.82, 2.24) is 29.1 Å². The first-order valence-corrected chi connectivity index (χ1v) is 22.5. The normalized spacial score (nSPS) is 11.9. The number of aromatic nitrogens is 6. The molecule has 7 nitrogen and oxygen atoms in total. The Morgan fingerprint density at radius 2 is 0.821 bits per heavy atom. The molecule has 312 valence electrons. The molecular weight excluding hydrogens is 821 g/mol. The highest BCUT2D eigenvalue weighted by Gasteiger charge is 2.26. The molecule has 4 aromatic heterocycles. The van der Waals surface area contributed by atoms with Crippen molar-refractivity contribution in [3.63, 3.8) is 0 Å². The zero-order chi connectivity index (χ0) is 44.0. The number of nitrogens with zero attached hydrogens (tertiary/aromatic N) is 6. The molecule has 0 aliphatic rings. The maximum Gasteiger partial charge on any atom is 0.307 e. The highest BCUT2D eigenvalue weighted by Crippen LogP contribution is 2.43. The summed E-state index contributed by atoms with van der Waals surface area (Å²) in [5.74, 6) is 1.64. The Hall–Kier alpha value is -9.20. The Balaban J connectivity index is 1.08. The van der Waals surface area contributed by atoms with E-state index in [0.29, 0.717) is 23.6 Å². The molecule has 0 amide bonds. The second kappa shape index (κ2) is 14.7. The van der Waals surface area contributed by atoms with Crippen molar-refractivity contribution in [3.8, 4) is 57.0 Å². The van der Waals surface area contributed by atoms with E-state index in [4.69, 9.17) is 24.4 Å². The van der Waals surface area contributed by atoms with E-state index in [2.05, 4.69) is 215 Å². The summed E-state index contributed by atoms with van der Waals surface area (Å²) in [4.78, 5) is 21.5. The molecule has 67 heavy (non-hydrogen) atoms. The Labute approximate surface area is 383 Å². The molecule has 14 rings (SSSR count). The lowest BCUT2D eigenvalue weighted by Crippen LogP contribution is -2.07. The van der Waals surface area contributed by atoms with Gasteiger partial charge in [-0.15, -0.1) is 0 Å². The van der Waals surface area contributed by atoms with Crippen LogP contribution in [-0.4, -0.2) is 29.1 Å². The van der Waals surface area contributed by atoms with E-state index in [1.165, 1.54) is 0 Å². The lowest BCUT2D eigenvalue weighted by Gasteiger charge is -2.13. The van der Waals surface area contributed by atoms with E-state index in [-0.39, 0.29) is 0 Å². The van der Waals surface area contributed by atoms with Crippen molar-refractivity contribution in [1.29, 1.82) is 0 Å². The molecule has 0 radical (unpaired) electrons. The summed E-state index contributed by atoms with van der Waals surface area (Å²) in [7, 11) is 0. The molecule has 0 bridgehead atoms. The standard InChI is InChI=1S/C60H36N6O/c1-3-15-37(16-4-1)41-20-13-22-43(35-41)57-62-58(44-23-14-21-42(36-44)38-17-5-2-6-18-38)64-59(63-57)65-51-27-11-9-25-46(51)48-32-33-49-47-26-10-12-28-52(47)66(55(49)54(48)65)60-61-50-34-31-40-30-29-39-19-7-8-24-45(39)53(40)56(50)67-60/h1-36H. The Morgan fingerprint density at radius 1 is 0.328 bits per heavy atom. The van der Waals surface area contributed by atoms with Crippen molar-refractivity contribution in [2.24, 2.45) is 0 Å². The minimum Gasteiger partial charge on any atom is -0.422 e. The van der Waals surface area contributed by atoms with Crippen LogP contribution in [0.15, 0.2) is 223 Å². The van der Waals surface area contributed by atoms with E-state index in [0.717, 1.165) is 110 Å². The molecule has 10 aromatic carbocycles. The minimum atomic E-state index is 0.485. The summed E-state index contributed by atoms with van der Waals surface area (Å²) in [5, 5.41) is 8.70. The highest BCUT2D eigenvalue weighted by molar-refractivity contribution is 6.24. The third-order valence-corrected chi connectivity index (χ3v) is 13.2. The van der Waals surface area contributed by atoms with Crippen LogP contribution in [0.25, 0.3) is 133 Å². The number of benzene rings is 10. The van der Waals surface area contributed by atoms with E-state index in [9.17, 15) is 0 Å². The van der Waals surface area contributed by atoms with Crippen LogP contribution in [0.4, 0.5) is 0 Å². The second-order valence-electron chi connectivity index (χ2n) is 17.0. The smallest absolute Gasteiger partial charge is 0.307 e. The zero-order valence-corrected chi connectivity index (χ0v) is 35.9. The van der Waals surface area contributed by atoms with Crippen molar-refractivity contribution in [2.45, 2.75) is 0 Å². The summed E-state index contributed by atoms with van der Waals surface area (Å²) >= 11 is 0. The van der Waals surface area contributed by atoms with Gasteiger partial charge >= 0.3 is 6.01 Å². The van der Waals surface area contributed by atoms with Crippen LogP contribution in [0.5, 0.6) is 0 Å². The fraction of sp³-hybridized carbons (Fsp3) is 0. The molecule has 0 fully saturated rings. The van der Waals surface area contributed by atoms with E-state index in [1.54, 1.807) is 0 Å². The van der Waals surface area contributed by atoms with Gasteiger partial charge in [-0.25, -0.2) is 4.98 Å². The molecule has 4 heterocycles. The fourth-order valence-corrected chi connectivity index (χ4v) is 10.1. The lowest BCUT2D eigenvalue weighted by molar-refractivity contribution is 0.577. The predicted octanol–water partition coefficient (Wildman–Crippen LogP) is 15.2. The van der Waals surface area contributed by atoms with Crippen LogP contribution in [0, 0.1) is 0 Å². The predicted molar refractivity (Wildman–Crippen MR) is 273 cm³/mol. The molecule has 0 unspecified atom stereocenters. The van der Waals surface area contributed by atoms with Gasteiger partial charge < -0.3 is 4.42 Å². The average Bonchev–Trinajstić information content (AvgIpc) is 4.09. The Kier molecular flexibility index (Phi) is 8.15. The Bertz CT molecular complexity index is 4180.